The number of carbonyl (C=O) groups is 3. The first kappa shape index (κ1) is 59.0. The van der Waals surface area contributed by atoms with E-state index in [9.17, 15) is 48.8 Å². The highest BCUT2D eigenvalue weighted by Crippen LogP contribution is 2.36. The van der Waals surface area contributed by atoms with Crippen LogP contribution in [0.25, 0.3) is 33.4 Å². The molecular weight excluding hydrogens is 1100 g/mol. The number of carboxylic acids is 3. The standard InChI is InChI=1S/C21H16ClFO4S.C20H16ClNO4S.C17H12F3NO2/c22-16-9-6-14(8-11-21(24)25)18(13-16)15-7-10-20(19(23)12-15)28(26,27)17-4-2-1-3-5-17;21-16-8-4-14(7-11-20(23)24)18(13-16)15-5-9-17(10-6-15)27(25,26)19-3-1-2-12-22-19;18-17(19,20)14-6-4-12(5-7-16(22)23)15(9-14)13-3-1-2-11(8-13)10-21/h1-7,9-10,12-13H,8,11H2,(H,24,25);1-6,8-10,12-13H,7,11H2,(H,23,24);1-4,6,8-9H,5,7H2,(H,22,23). The molecule has 0 atom stereocenters. The average Bonchev–Trinajstić information content (AvgIpc) is 3.45. The highest BCUT2D eigenvalue weighted by molar-refractivity contribution is 7.91. The van der Waals surface area contributed by atoms with E-state index in [0.29, 0.717) is 49.8 Å². The summed E-state index contributed by atoms with van der Waals surface area (Å²) in [5.41, 5.74) is 4.81. The van der Waals surface area contributed by atoms with Gasteiger partial charge in [0, 0.05) is 35.5 Å². The van der Waals surface area contributed by atoms with E-state index in [1.165, 1.54) is 60.8 Å². The maximum absolute atomic E-state index is 14.8. The lowest BCUT2D eigenvalue weighted by molar-refractivity contribution is -0.138. The van der Waals surface area contributed by atoms with Gasteiger partial charge >= 0.3 is 24.1 Å². The molecule has 0 saturated carbocycles. The van der Waals surface area contributed by atoms with E-state index >= 15 is 0 Å². The molecule has 1 aromatic heterocycles. The molecule has 8 rings (SSSR count). The summed E-state index contributed by atoms with van der Waals surface area (Å²) in [5.74, 6) is -3.74. The molecule has 0 fully saturated rings. The van der Waals surface area contributed by atoms with Crippen molar-refractivity contribution in [1.29, 1.82) is 5.26 Å². The van der Waals surface area contributed by atoms with Crippen molar-refractivity contribution >= 4 is 60.8 Å². The van der Waals surface area contributed by atoms with E-state index in [2.05, 4.69) is 4.98 Å². The molecule has 7 aromatic carbocycles. The largest absolute Gasteiger partial charge is 0.481 e. The predicted octanol–water partition coefficient (Wildman–Crippen LogP) is 13.5. The number of halogens is 6. The fourth-order valence-corrected chi connectivity index (χ4v) is 10.7. The van der Waals surface area contributed by atoms with Gasteiger partial charge in [-0.25, -0.2) is 26.2 Å². The molecule has 0 amide bonds. The van der Waals surface area contributed by atoms with Gasteiger partial charge in [0.15, 0.2) is 5.03 Å². The van der Waals surface area contributed by atoms with Crippen LogP contribution in [-0.4, -0.2) is 55.0 Å². The van der Waals surface area contributed by atoms with Gasteiger partial charge in [-0.15, -0.1) is 0 Å². The van der Waals surface area contributed by atoms with E-state index in [1.54, 1.807) is 97.1 Å². The van der Waals surface area contributed by atoms with E-state index in [-0.39, 0.29) is 52.5 Å². The minimum Gasteiger partial charge on any atom is -0.481 e. The Balaban J connectivity index is 0.000000190. The number of sulfone groups is 2. The maximum atomic E-state index is 14.8. The van der Waals surface area contributed by atoms with Crippen LogP contribution in [0.1, 0.15) is 47.1 Å². The highest BCUT2D eigenvalue weighted by Gasteiger charge is 2.31. The first-order chi connectivity index (χ1) is 37.0. The monoisotopic (exact) mass is 1140 g/mol. The molecule has 0 radical (unpaired) electrons. The molecule has 3 N–H and O–H groups in total. The van der Waals surface area contributed by atoms with Gasteiger partial charge in [0.2, 0.25) is 19.7 Å². The summed E-state index contributed by atoms with van der Waals surface area (Å²) < 4.78 is 104. The van der Waals surface area contributed by atoms with Gasteiger partial charge in [-0.2, -0.15) is 18.4 Å². The van der Waals surface area contributed by atoms with Crippen LogP contribution >= 0.6 is 23.2 Å². The van der Waals surface area contributed by atoms with Crippen molar-refractivity contribution in [2.24, 2.45) is 0 Å². The lowest BCUT2D eigenvalue weighted by Crippen LogP contribution is -2.06. The maximum Gasteiger partial charge on any atom is 0.416 e. The molecule has 0 saturated heterocycles. The minimum atomic E-state index is -4.49. The number of nitrogens with zero attached hydrogens (tertiary/aromatic N) is 2. The Hall–Kier alpha value is -8.21. The number of carboxylic acid groups (broad SMARTS) is 3. The Morgan fingerprint density at radius 3 is 1.51 bits per heavy atom. The van der Waals surface area contributed by atoms with Crippen LogP contribution in [0.15, 0.2) is 196 Å². The first-order valence-corrected chi connectivity index (χ1v) is 27.0. The summed E-state index contributed by atoms with van der Waals surface area (Å²) in [7, 11) is -7.68. The van der Waals surface area contributed by atoms with Crippen LogP contribution in [-0.2, 0) is 59.5 Å². The highest BCUT2D eigenvalue weighted by atomic mass is 35.5. The molecular formula is C58H44Cl2F4N2O10S2. The number of aryl methyl sites for hydroxylation is 3. The van der Waals surface area contributed by atoms with Crippen molar-refractivity contribution in [3.8, 4) is 39.4 Å². The number of hydrogen-bond acceptors (Lipinski definition) is 9. The minimum absolute atomic E-state index is 0.000766. The number of rotatable bonds is 16. The normalized spacial score (nSPS) is 11.2. The summed E-state index contributed by atoms with van der Waals surface area (Å²) in [6.45, 7) is 0. The van der Waals surface area contributed by atoms with E-state index < -0.39 is 60.0 Å². The summed E-state index contributed by atoms with van der Waals surface area (Å²) >= 11 is 12.1. The van der Waals surface area contributed by atoms with Crippen LogP contribution in [0.5, 0.6) is 0 Å². The van der Waals surface area contributed by atoms with Crippen molar-refractivity contribution < 1.29 is 64.1 Å². The van der Waals surface area contributed by atoms with Crippen molar-refractivity contribution in [3.63, 3.8) is 0 Å². The molecule has 0 bridgehead atoms. The van der Waals surface area contributed by atoms with Crippen LogP contribution < -0.4 is 0 Å². The van der Waals surface area contributed by atoms with E-state index in [0.717, 1.165) is 34.9 Å². The van der Waals surface area contributed by atoms with Crippen molar-refractivity contribution in [2.75, 3.05) is 0 Å². The molecule has 8 aromatic rings. The van der Waals surface area contributed by atoms with Gasteiger partial charge in [-0.3, -0.25) is 14.4 Å². The summed E-state index contributed by atoms with van der Waals surface area (Å²) in [6.07, 6.45) is -2.62. The zero-order valence-corrected chi connectivity index (χ0v) is 43.8. The molecule has 78 heavy (non-hydrogen) atoms. The molecule has 0 spiro atoms. The lowest BCUT2D eigenvalue weighted by atomic mass is 9.93. The second-order valence-corrected chi connectivity index (χ2v) is 21.7. The Kier molecular flexibility index (Phi) is 19.9. The molecule has 0 unspecified atom stereocenters. The molecule has 0 aliphatic rings. The first-order valence-electron chi connectivity index (χ1n) is 23.3. The van der Waals surface area contributed by atoms with Crippen LogP contribution in [0.4, 0.5) is 17.6 Å². The number of benzene rings is 7. The fourth-order valence-electron chi connectivity index (χ4n) is 7.84. The van der Waals surface area contributed by atoms with E-state index in [1.807, 2.05) is 6.07 Å². The van der Waals surface area contributed by atoms with Crippen molar-refractivity contribution in [1.82, 2.24) is 4.98 Å². The Labute approximate surface area is 456 Å². The quantitative estimate of drug-likeness (QED) is 0.0770. The molecule has 0 aliphatic heterocycles. The average molecular weight is 1140 g/mol. The Bertz CT molecular complexity index is 3750. The molecule has 1 heterocycles. The van der Waals surface area contributed by atoms with E-state index in [4.69, 9.17) is 43.8 Å². The number of aromatic nitrogens is 1. The fraction of sp³-hybridized carbons (Fsp3) is 0.121. The molecule has 20 heteroatoms. The zero-order valence-electron chi connectivity index (χ0n) is 40.7. The zero-order chi connectivity index (χ0) is 56.8. The Morgan fingerprint density at radius 1 is 0.526 bits per heavy atom. The lowest BCUT2D eigenvalue weighted by Gasteiger charge is -2.14. The third kappa shape index (κ3) is 15.7. The number of pyridine rings is 1. The topological polar surface area (TPSA) is 217 Å². The van der Waals surface area contributed by atoms with Gasteiger partial charge in [-0.1, -0.05) is 96.0 Å². The van der Waals surface area contributed by atoms with Crippen molar-refractivity contribution in [3.05, 3.63) is 220 Å². The SMILES string of the molecule is N#Cc1cccc(-c2cc(C(F)(F)F)ccc2CCC(=O)O)c1.O=C(O)CCc1ccc(Cl)cc1-c1ccc(S(=O)(=O)c2ccccc2)c(F)c1.O=C(O)CCc1ccc(Cl)cc1-c1ccc(S(=O)(=O)c2ccccn2)cc1. The van der Waals surface area contributed by atoms with Gasteiger partial charge in [0.25, 0.3) is 0 Å². The number of nitriles is 1. The third-order valence-electron chi connectivity index (χ3n) is 11.7. The van der Waals surface area contributed by atoms with Gasteiger partial charge in [-0.05, 0) is 166 Å². The third-order valence-corrected chi connectivity index (χ3v) is 15.6. The number of hydrogen-bond donors (Lipinski definition) is 3. The van der Waals surface area contributed by atoms with Gasteiger partial charge < -0.3 is 15.3 Å². The Morgan fingerprint density at radius 2 is 1.01 bits per heavy atom. The van der Waals surface area contributed by atoms with Crippen molar-refractivity contribution in [2.45, 2.75) is 64.4 Å². The number of alkyl halides is 3. The molecule has 0 aliphatic carbocycles. The summed E-state index contributed by atoms with van der Waals surface area (Å²) in [6, 6.07) is 44.1. The molecule has 400 valence electrons. The van der Waals surface area contributed by atoms with Crippen LogP contribution in [0.3, 0.4) is 0 Å². The number of aliphatic carboxylic acids is 3. The molecule has 12 nitrogen and oxygen atoms in total. The predicted molar refractivity (Wildman–Crippen MR) is 285 cm³/mol. The van der Waals surface area contributed by atoms with Crippen LogP contribution in [0.2, 0.25) is 10.0 Å². The second kappa shape index (κ2) is 26.2. The smallest absolute Gasteiger partial charge is 0.416 e. The summed E-state index contributed by atoms with van der Waals surface area (Å²) in [5, 5.41) is 36.5. The summed E-state index contributed by atoms with van der Waals surface area (Å²) in [4.78, 5) is 36.1. The van der Waals surface area contributed by atoms with Gasteiger partial charge in [0.1, 0.15) is 10.7 Å². The van der Waals surface area contributed by atoms with Gasteiger partial charge in [0.05, 0.1) is 27.0 Å². The van der Waals surface area contributed by atoms with Crippen LogP contribution in [0, 0.1) is 17.1 Å². The second-order valence-electron chi connectivity index (χ2n) is 17.0.